The van der Waals surface area contributed by atoms with E-state index in [1.807, 2.05) is 48.5 Å². The molecule has 4 rings (SSSR count). The molecule has 0 spiro atoms. The van der Waals surface area contributed by atoms with Crippen LogP contribution in [0.1, 0.15) is 24.5 Å². The highest BCUT2D eigenvalue weighted by Gasteiger charge is 2.65. The van der Waals surface area contributed by atoms with E-state index in [2.05, 4.69) is 29.6 Å². The summed E-state index contributed by atoms with van der Waals surface area (Å²) in [5.74, 6) is -0.762. The number of hydroxylamine groups is 2. The summed E-state index contributed by atoms with van der Waals surface area (Å²) in [7, 11) is -1.48. The Kier molecular flexibility index (Phi) is 8.95. The number of halogens is 1. The number of nitrogens with zero attached hydrogens (tertiary/aromatic N) is 2. The second kappa shape index (κ2) is 12.0. The molecule has 8 nitrogen and oxygen atoms in total. The van der Waals surface area contributed by atoms with Crippen molar-refractivity contribution in [1.82, 2.24) is 10.0 Å². The summed E-state index contributed by atoms with van der Waals surface area (Å²) in [6.45, 7) is 9.09. The van der Waals surface area contributed by atoms with Crippen LogP contribution in [0.2, 0.25) is 30.8 Å². The van der Waals surface area contributed by atoms with Gasteiger partial charge in [-0.1, -0.05) is 61.6 Å². The van der Waals surface area contributed by atoms with E-state index in [9.17, 15) is 14.8 Å². The number of carbonyl (C=O) groups excluding carboxylic acids is 2. The van der Waals surface area contributed by atoms with Crippen molar-refractivity contribution in [2.75, 3.05) is 13.2 Å². The predicted molar refractivity (Wildman–Crippen MR) is 152 cm³/mol. The van der Waals surface area contributed by atoms with Crippen molar-refractivity contribution >= 4 is 42.5 Å². The molecule has 0 aliphatic heterocycles. The molecule has 1 heterocycles. The minimum absolute atomic E-state index is 0.220. The largest absolute Gasteiger partial charge is 0.489 e. The van der Waals surface area contributed by atoms with Gasteiger partial charge in [0.15, 0.2) is 0 Å². The maximum atomic E-state index is 13.2. The van der Waals surface area contributed by atoms with E-state index in [1.54, 1.807) is 13.0 Å². The van der Waals surface area contributed by atoms with Gasteiger partial charge in [-0.25, -0.2) is 10.2 Å². The highest BCUT2D eigenvalue weighted by Crippen LogP contribution is 2.56. The zero-order valence-electron chi connectivity index (χ0n) is 22.8. The number of ether oxygens (including phenoxy) is 2. The van der Waals surface area contributed by atoms with Gasteiger partial charge in [0.1, 0.15) is 17.5 Å². The van der Waals surface area contributed by atoms with Gasteiger partial charge in [-0.3, -0.25) is 9.59 Å². The monoisotopic (exact) mass is 570 g/mol. The number of para-hydroxylation sites is 1. The molecular weight excluding hydrogens is 536 g/mol. The smallest absolute Gasteiger partial charge is 0.313 e. The summed E-state index contributed by atoms with van der Waals surface area (Å²) in [4.78, 5) is 35.0. The lowest BCUT2D eigenvalue weighted by molar-refractivity contribution is -0.378. The van der Waals surface area contributed by atoms with E-state index in [0.717, 1.165) is 33.1 Å². The van der Waals surface area contributed by atoms with Crippen LogP contribution in [0.5, 0.6) is 5.75 Å². The van der Waals surface area contributed by atoms with Crippen LogP contribution in [-0.2, 0) is 32.3 Å². The van der Waals surface area contributed by atoms with Crippen molar-refractivity contribution < 1.29 is 29.3 Å². The molecule has 1 aliphatic rings. The summed E-state index contributed by atoms with van der Waals surface area (Å²) in [6.07, 6.45) is 0.673. The van der Waals surface area contributed by atoms with Gasteiger partial charge in [0.25, 0.3) is 5.91 Å². The van der Waals surface area contributed by atoms with Crippen molar-refractivity contribution in [2.45, 2.75) is 52.1 Å². The second-order valence-corrected chi connectivity index (χ2v) is 17.2. The topological polar surface area (TPSA) is 98.2 Å². The molecule has 3 aromatic rings. The maximum Gasteiger partial charge on any atom is 0.313 e. The number of hydrogen-bond acceptors (Lipinski definition) is 7. The zero-order valence-corrected chi connectivity index (χ0v) is 24.5. The summed E-state index contributed by atoms with van der Waals surface area (Å²) in [6, 6.07) is 17.8. The van der Waals surface area contributed by atoms with Crippen molar-refractivity contribution in [3.8, 4) is 5.75 Å². The molecule has 0 bridgehead atoms. The molecule has 1 aromatic heterocycles. The fraction of sp³-hybridized carbons (Fsp3) is 0.414. The average molecular weight is 571 g/mol. The fourth-order valence-electron chi connectivity index (χ4n) is 4.76. The average Bonchev–Trinajstić information content (AvgIpc) is 3.63. The molecule has 2 atom stereocenters. The number of amides is 1. The van der Waals surface area contributed by atoms with Crippen molar-refractivity contribution in [3.05, 3.63) is 70.9 Å². The number of aromatic nitrogens is 1. The van der Waals surface area contributed by atoms with E-state index in [-0.39, 0.29) is 13.2 Å². The molecule has 1 N–H and O–H groups in total. The Morgan fingerprint density at radius 3 is 2.54 bits per heavy atom. The highest BCUT2D eigenvalue weighted by atomic mass is 35.5. The zero-order chi connectivity index (χ0) is 28.2. The van der Waals surface area contributed by atoms with Crippen molar-refractivity contribution in [1.29, 1.82) is 0 Å². The Morgan fingerprint density at radius 2 is 1.87 bits per heavy atom. The van der Waals surface area contributed by atoms with Crippen molar-refractivity contribution in [3.63, 3.8) is 0 Å². The van der Waals surface area contributed by atoms with Gasteiger partial charge in [-0.05, 0) is 55.6 Å². The van der Waals surface area contributed by atoms with Crippen LogP contribution in [0.15, 0.2) is 54.6 Å². The van der Waals surface area contributed by atoms with Crippen LogP contribution in [0.4, 0.5) is 0 Å². The minimum Gasteiger partial charge on any atom is -0.489 e. The van der Waals surface area contributed by atoms with Gasteiger partial charge in [0.2, 0.25) is 0 Å². The summed E-state index contributed by atoms with van der Waals surface area (Å²) in [5.41, 5.74) is 1.63. The maximum absolute atomic E-state index is 13.2. The Morgan fingerprint density at radius 1 is 1.15 bits per heavy atom. The standard InChI is InChI=1S/C29H35ClN2O6Si/c1-5-36-28(34)29(18-24(29)27(33)32(38-35)14-15-39(2,3)4)17-20-10-12-22(13-11-20)37-19-21-16-26(30)31-25-9-7-6-8-23(21)25/h6-13,16,24,35H,5,14-15,17-19H2,1-4H3/t24?,29-/m0/s1. The summed E-state index contributed by atoms with van der Waals surface area (Å²) < 4.78 is 11.4. The van der Waals surface area contributed by atoms with Crippen LogP contribution in [0.25, 0.3) is 10.9 Å². The molecule has 1 fully saturated rings. The Balaban J connectivity index is 1.44. The van der Waals surface area contributed by atoms with Crippen molar-refractivity contribution in [2.24, 2.45) is 11.3 Å². The number of pyridine rings is 1. The Labute approximate surface area is 234 Å². The third kappa shape index (κ3) is 6.97. The van der Waals surface area contributed by atoms with Crippen LogP contribution in [0, 0.1) is 11.3 Å². The van der Waals surface area contributed by atoms with Gasteiger partial charge < -0.3 is 9.47 Å². The van der Waals surface area contributed by atoms with Crippen LogP contribution in [0.3, 0.4) is 0 Å². The molecule has 1 aliphatic carbocycles. The number of fused-ring (bicyclic) bond motifs is 1. The van der Waals surface area contributed by atoms with Crippen LogP contribution >= 0.6 is 11.6 Å². The fourth-order valence-corrected chi connectivity index (χ4v) is 5.86. The highest BCUT2D eigenvalue weighted by molar-refractivity contribution is 6.76. The lowest BCUT2D eigenvalue weighted by Crippen LogP contribution is -2.38. The molecule has 208 valence electrons. The number of benzene rings is 2. The lowest BCUT2D eigenvalue weighted by atomic mass is 9.93. The molecule has 0 radical (unpaired) electrons. The lowest BCUT2D eigenvalue weighted by Gasteiger charge is -2.23. The van der Waals surface area contributed by atoms with Gasteiger partial charge >= 0.3 is 5.97 Å². The van der Waals surface area contributed by atoms with Crippen LogP contribution in [-0.4, -0.2) is 48.4 Å². The Bertz CT molecular complexity index is 1330. The molecule has 0 saturated heterocycles. The first-order valence-electron chi connectivity index (χ1n) is 13.1. The molecular formula is C29H35ClN2O6Si. The number of carbonyl (C=O) groups is 2. The van der Waals surface area contributed by atoms with E-state index in [1.165, 1.54) is 0 Å². The molecule has 2 aromatic carbocycles. The SMILES string of the molecule is CCOC(=O)[C@@]1(Cc2ccc(OCc3cc(Cl)nc4ccccc34)cc2)CC1C(=O)N(CC[Si](C)(C)C)OO. The number of rotatable bonds is 12. The van der Waals surface area contributed by atoms with E-state index < -0.39 is 31.3 Å². The quantitative estimate of drug-likeness (QED) is 0.0916. The Hall–Kier alpha value is -2.98. The summed E-state index contributed by atoms with van der Waals surface area (Å²) in [5, 5.41) is 11.8. The van der Waals surface area contributed by atoms with Gasteiger partial charge in [0, 0.05) is 25.6 Å². The van der Waals surface area contributed by atoms with Gasteiger partial charge in [0.05, 0.1) is 23.5 Å². The minimum atomic E-state index is -1.48. The molecule has 1 saturated carbocycles. The van der Waals surface area contributed by atoms with Crippen LogP contribution < -0.4 is 4.74 Å². The van der Waals surface area contributed by atoms with Gasteiger partial charge in [-0.15, -0.1) is 4.99 Å². The molecule has 1 unspecified atom stereocenters. The molecule has 10 heteroatoms. The number of esters is 1. The van der Waals surface area contributed by atoms with E-state index in [4.69, 9.17) is 21.1 Å². The molecule has 1 amide bonds. The second-order valence-electron chi connectivity index (χ2n) is 11.2. The first-order valence-corrected chi connectivity index (χ1v) is 17.2. The first kappa shape index (κ1) is 29.0. The van der Waals surface area contributed by atoms with Gasteiger partial charge in [-0.2, -0.15) is 5.06 Å². The number of hydrogen-bond donors (Lipinski definition) is 1. The molecule has 39 heavy (non-hydrogen) atoms. The van der Waals surface area contributed by atoms with E-state index >= 15 is 0 Å². The first-order chi connectivity index (χ1) is 18.6. The predicted octanol–water partition coefficient (Wildman–Crippen LogP) is 6.15. The third-order valence-corrected chi connectivity index (χ3v) is 8.99. The normalized spacial score (nSPS) is 18.6. The van der Waals surface area contributed by atoms with E-state index in [0.29, 0.717) is 30.4 Å². The third-order valence-electron chi connectivity index (χ3n) is 7.07. The summed E-state index contributed by atoms with van der Waals surface area (Å²) >= 11 is 6.19.